The van der Waals surface area contributed by atoms with E-state index >= 15 is 0 Å². The molecule has 0 unspecified atom stereocenters. The molecule has 0 saturated carbocycles. The lowest BCUT2D eigenvalue weighted by Crippen LogP contribution is -2.04. The van der Waals surface area contributed by atoms with Crippen LogP contribution in [-0.4, -0.2) is 6.61 Å². The molecule has 1 aromatic rings. The Balaban J connectivity index is 2.92. The van der Waals surface area contributed by atoms with E-state index in [2.05, 4.69) is 4.74 Å². The van der Waals surface area contributed by atoms with E-state index in [1.807, 2.05) is 0 Å². The molecule has 0 aliphatic rings. The Kier molecular flexibility index (Phi) is 2.52. The highest BCUT2D eigenvalue weighted by atomic mass is 19.3. The standard InChI is InChI=1S/C7H4F4O/c8-4-2-1-3-5(6(4)9)12-7(10)11/h1-3,7H. The third-order valence-corrected chi connectivity index (χ3v) is 1.13. The summed E-state index contributed by atoms with van der Waals surface area (Å²) in [5.74, 6) is -3.41. The van der Waals surface area contributed by atoms with Crippen molar-refractivity contribution in [2.24, 2.45) is 0 Å². The number of halogens is 4. The van der Waals surface area contributed by atoms with Gasteiger partial charge in [-0.15, -0.1) is 0 Å². The minimum absolute atomic E-state index is 0.787. The second-order valence-corrected chi connectivity index (χ2v) is 1.93. The molecule has 0 aromatic heterocycles. The average molecular weight is 180 g/mol. The van der Waals surface area contributed by atoms with Gasteiger partial charge in [0.15, 0.2) is 11.6 Å². The number of hydrogen-bond donors (Lipinski definition) is 0. The number of alkyl halides is 2. The molecule has 1 aromatic carbocycles. The predicted octanol–water partition coefficient (Wildman–Crippen LogP) is 2.57. The molecule has 12 heavy (non-hydrogen) atoms. The molecule has 0 aliphatic heterocycles. The van der Waals surface area contributed by atoms with Crippen LogP contribution in [0.3, 0.4) is 0 Å². The fraction of sp³-hybridized carbons (Fsp3) is 0.143. The normalized spacial score (nSPS) is 10.4. The Labute approximate surface area is 65.6 Å². The molecule has 0 radical (unpaired) electrons. The van der Waals surface area contributed by atoms with E-state index in [1.54, 1.807) is 0 Å². The zero-order valence-corrected chi connectivity index (χ0v) is 5.73. The fourth-order valence-electron chi connectivity index (χ4n) is 0.671. The van der Waals surface area contributed by atoms with Gasteiger partial charge in [-0.2, -0.15) is 13.2 Å². The van der Waals surface area contributed by atoms with Gasteiger partial charge in [0.2, 0.25) is 5.82 Å². The lowest BCUT2D eigenvalue weighted by Gasteiger charge is -2.04. The maximum absolute atomic E-state index is 12.5. The van der Waals surface area contributed by atoms with Crippen LogP contribution in [0, 0.1) is 11.6 Å². The van der Waals surface area contributed by atoms with E-state index in [1.165, 1.54) is 0 Å². The lowest BCUT2D eigenvalue weighted by molar-refractivity contribution is -0.0525. The van der Waals surface area contributed by atoms with Gasteiger partial charge in [-0.3, -0.25) is 0 Å². The van der Waals surface area contributed by atoms with Gasteiger partial charge in [-0.1, -0.05) is 6.07 Å². The quantitative estimate of drug-likeness (QED) is 0.635. The summed E-state index contributed by atoms with van der Waals surface area (Å²) in [6.07, 6.45) is 0. The summed E-state index contributed by atoms with van der Waals surface area (Å²) in [7, 11) is 0. The fourth-order valence-corrected chi connectivity index (χ4v) is 0.671. The zero-order chi connectivity index (χ0) is 9.14. The summed E-state index contributed by atoms with van der Waals surface area (Å²) >= 11 is 0. The Morgan fingerprint density at radius 3 is 2.42 bits per heavy atom. The molecular formula is C7H4F4O. The number of ether oxygens (including phenoxy) is 1. The van der Waals surface area contributed by atoms with E-state index in [4.69, 9.17) is 0 Å². The first-order valence-corrected chi connectivity index (χ1v) is 3.00. The van der Waals surface area contributed by atoms with Gasteiger partial charge < -0.3 is 4.74 Å². The van der Waals surface area contributed by atoms with E-state index in [0.717, 1.165) is 18.2 Å². The van der Waals surface area contributed by atoms with E-state index < -0.39 is 24.0 Å². The van der Waals surface area contributed by atoms with E-state index in [-0.39, 0.29) is 0 Å². The van der Waals surface area contributed by atoms with Crippen LogP contribution in [0.5, 0.6) is 5.75 Å². The number of benzene rings is 1. The van der Waals surface area contributed by atoms with Gasteiger partial charge in [0.05, 0.1) is 0 Å². The first-order chi connectivity index (χ1) is 5.61. The SMILES string of the molecule is Fc1cccc(OC(F)F)c1F. The van der Waals surface area contributed by atoms with Crippen LogP contribution in [0.1, 0.15) is 0 Å². The molecule has 0 aliphatic carbocycles. The molecule has 0 saturated heterocycles. The summed E-state index contributed by atoms with van der Waals surface area (Å²) in [5.41, 5.74) is 0. The van der Waals surface area contributed by atoms with Crippen molar-refractivity contribution in [3.8, 4) is 5.75 Å². The first kappa shape index (κ1) is 8.83. The number of hydrogen-bond acceptors (Lipinski definition) is 1. The highest BCUT2D eigenvalue weighted by molar-refractivity contribution is 5.24. The zero-order valence-electron chi connectivity index (χ0n) is 5.73. The molecule has 0 fully saturated rings. The summed E-state index contributed by atoms with van der Waals surface area (Å²) in [6.45, 7) is -3.15. The van der Waals surface area contributed by atoms with Gasteiger partial charge in [0.1, 0.15) is 0 Å². The smallest absolute Gasteiger partial charge is 0.387 e. The highest BCUT2D eigenvalue weighted by Gasteiger charge is 2.12. The van der Waals surface area contributed by atoms with Gasteiger partial charge in [-0.05, 0) is 12.1 Å². The van der Waals surface area contributed by atoms with Gasteiger partial charge in [0, 0.05) is 0 Å². The van der Waals surface area contributed by atoms with Gasteiger partial charge >= 0.3 is 6.61 Å². The molecule has 5 heteroatoms. The number of rotatable bonds is 2. The van der Waals surface area contributed by atoms with Crippen molar-refractivity contribution in [3.63, 3.8) is 0 Å². The van der Waals surface area contributed by atoms with Crippen LogP contribution in [0.25, 0.3) is 0 Å². The molecule has 0 spiro atoms. The molecule has 1 nitrogen and oxygen atoms in total. The van der Waals surface area contributed by atoms with Crippen LogP contribution >= 0.6 is 0 Å². The van der Waals surface area contributed by atoms with Crippen LogP contribution in [0.4, 0.5) is 17.6 Å². The third-order valence-electron chi connectivity index (χ3n) is 1.13. The van der Waals surface area contributed by atoms with Crippen molar-refractivity contribution in [1.82, 2.24) is 0 Å². The summed E-state index contributed by atoms with van der Waals surface area (Å²) in [6, 6.07) is 2.81. The minimum Gasteiger partial charge on any atom is -0.432 e. The Morgan fingerprint density at radius 1 is 1.17 bits per heavy atom. The summed E-state index contributed by atoms with van der Waals surface area (Å²) in [5, 5.41) is 0. The molecule has 1 rings (SSSR count). The highest BCUT2D eigenvalue weighted by Crippen LogP contribution is 2.20. The van der Waals surface area contributed by atoms with Crippen molar-refractivity contribution in [3.05, 3.63) is 29.8 Å². The Hall–Kier alpha value is -1.26. The average Bonchev–Trinajstić information content (AvgIpc) is 1.98. The van der Waals surface area contributed by atoms with Crippen LogP contribution < -0.4 is 4.74 Å². The maximum Gasteiger partial charge on any atom is 0.387 e. The molecule has 0 N–H and O–H groups in total. The lowest BCUT2D eigenvalue weighted by atomic mass is 10.3. The Morgan fingerprint density at radius 2 is 1.83 bits per heavy atom. The van der Waals surface area contributed by atoms with Crippen LogP contribution in [0.2, 0.25) is 0 Å². The van der Waals surface area contributed by atoms with E-state index in [0.29, 0.717) is 0 Å². The topological polar surface area (TPSA) is 9.23 Å². The molecular weight excluding hydrogens is 176 g/mol. The molecule has 0 atom stereocenters. The Bertz CT molecular complexity index is 274. The van der Waals surface area contributed by atoms with E-state index in [9.17, 15) is 17.6 Å². The van der Waals surface area contributed by atoms with Crippen molar-refractivity contribution < 1.29 is 22.3 Å². The summed E-state index contributed by atoms with van der Waals surface area (Å²) < 4.78 is 51.6. The predicted molar refractivity (Wildman–Crippen MR) is 33.0 cm³/mol. The van der Waals surface area contributed by atoms with Crippen molar-refractivity contribution >= 4 is 0 Å². The molecule has 0 bridgehead atoms. The second kappa shape index (κ2) is 3.42. The maximum atomic E-state index is 12.5. The first-order valence-electron chi connectivity index (χ1n) is 3.00. The monoisotopic (exact) mass is 180 g/mol. The molecule has 0 amide bonds. The third kappa shape index (κ3) is 1.87. The molecule has 66 valence electrons. The van der Waals surface area contributed by atoms with Crippen molar-refractivity contribution in [1.29, 1.82) is 0 Å². The van der Waals surface area contributed by atoms with Crippen LogP contribution in [-0.2, 0) is 0 Å². The minimum atomic E-state index is -3.15. The molecule has 0 heterocycles. The van der Waals surface area contributed by atoms with Gasteiger partial charge in [-0.25, -0.2) is 4.39 Å². The largest absolute Gasteiger partial charge is 0.432 e. The van der Waals surface area contributed by atoms with Gasteiger partial charge in [0.25, 0.3) is 0 Å². The van der Waals surface area contributed by atoms with Crippen LogP contribution in [0.15, 0.2) is 18.2 Å². The van der Waals surface area contributed by atoms with Crippen molar-refractivity contribution in [2.45, 2.75) is 6.61 Å². The second-order valence-electron chi connectivity index (χ2n) is 1.93. The summed E-state index contributed by atoms with van der Waals surface area (Å²) in [4.78, 5) is 0. The van der Waals surface area contributed by atoms with Crippen molar-refractivity contribution in [2.75, 3.05) is 0 Å².